The van der Waals surface area contributed by atoms with Crippen molar-refractivity contribution in [1.82, 2.24) is 10.6 Å². The van der Waals surface area contributed by atoms with Crippen molar-refractivity contribution in [2.24, 2.45) is 5.92 Å². The van der Waals surface area contributed by atoms with Gasteiger partial charge in [0.2, 0.25) is 5.91 Å². The molecule has 62 valence electrons. The molecule has 1 amide bonds. The number of hydrogen-bond acceptors (Lipinski definition) is 2. The van der Waals surface area contributed by atoms with Gasteiger partial charge >= 0.3 is 0 Å². The van der Waals surface area contributed by atoms with E-state index in [1.165, 1.54) is 6.42 Å². The molecule has 3 heteroatoms. The number of nitrogens with one attached hydrogen (secondary N) is 2. The molecular weight excluding hydrogens is 140 g/mol. The van der Waals surface area contributed by atoms with E-state index in [9.17, 15) is 4.79 Å². The fraction of sp³-hybridized carbons (Fsp3) is 0.875. The Balaban J connectivity index is 2.01. The topological polar surface area (TPSA) is 41.1 Å². The molecule has 0 aromatic carbocycles. The number of carbonyl (C=O) groups is 1. The maximum Gasteiger partial charge on any atom is 0.220 e. The van der Waals surface area contributed by atoms with Gasteiger partial charge < -0.3 is 10.6 Å². The third-order valence-electron chi connectivity index (χ3n) is 2.64. The molecule has 2 aliphatic heterocycles. The van der Waals surface area contributed by atoms with Crippen LogP contribution in [0.1, 0.15) is 19.3 Å². The first-order valence-electron chi connectivity index (χ1n) is 4.36. The molecule has 2 saturated heterocycles. The second-order valence-corrected chi connectivity index (χ2v) is 3.48. The van der Waals surface area contributed by atoms with Crippen molar-refractivity contribution in [3.63, 3.8) is 0 Å². The van der Waals surface area contributed by atoms with Gasteiger partial charge in [-0.05, 0) is 19.4 Å². The molecule has 0 aromatic heterocycles. The molecule has 2 heterocycles. The molecule has 11 heavy (non-hydrogen) atoms. The highest BCUT2D eigenvalue weighted by atomic mass is 16.2. The summed E-state index contributed by atoms with van der Waals surface area (Å²) in [6.07, 6.45) is 3.09. The molecule has 0 radical (unpaired) electrons. The van der Waals surface area contributed by atoms with Gasteiger partial charge in [0.25, 0.3) is 0 Å². The molecule has 2 N–H and O–H groups in total. The van der Waals surface area contributed by atoms with E-state index in [2.05, 4.69) is 10.6 Å². The molecule has 2 rings (SSSR count). The molecular formula is C8H14N2O. The normalized spacial score (nSPS) is 37.6. The summed E-state index contributed by atoms with van der Waals surface area (Å²) >= 11 is 0. The second-order valence-electron chi connectivity index (χ2n) is 3.48. The summed E-state index contributed by atoms with van der Waals surface area (Å²) in [6.45, 7) is 2.13. The molecule has 2 atom stereocenters. The lowest BCUT2D eigenvalue weighted by molar-refractivity contribution is -0.119. The number of fused-ring (bicyclic) bond motifs is 1. The Hall–Kier alpha value is -0.570. The van der Waals surface area contributed by atoms with Crippen LogP contribution in [0.25, 0.3) is 0 Å². The number of carbonyl (C=O) groups excluding carboxylic acids is 1. The average Bonchev–Trinajstić information content (AvgIpc) is 2.17. The summed E-state index contributed by atoms with van der Waals surface area (Å²) in [5, 5.41) is 6.36. The Bertz CT molecular complexity index is 153. The number of amides is 1. The lowest BCUT2D eigenvalue weighted by Gasteiger charge is -2.13. The average molecular weight is 154 g/mol. The van der Waals surface area contributed by atoms with Crippen molar-refractivity contribution in [2.45, 2.75) is 25.3 Å². The summed E-state index contributed by atoms with van der Waals surface area (Å²) in [5.74, 6) is 0.800. The molecule has 0 aromatic rings. The first kappa shape index (κ1) is 7.10. The lowest BCUT2D eigenvalue weighted by Crippen LogP contribution is -2.30. The Morgan fingerprint density at radius 2 is 2.36 bits per heavy atom. The van der Waals surface area contributed by atoms with Gasteiger partial charge in [-0.1, -0.05) is 0 Å². The summed E-state index contributed by atoms with van der Waals surface area (Å²) in [6, 6.07) is 0.470. The predicted molar refractivity (Wildman–Crippen MR) is 42.1 cm³/mol. The summed E-state index contributed by atoms with van der Waals surface area (Å²) in [5.41, 5.74) is 0. The first-order chi connectivity index (χ1) is 5.36. The van der Waals surface area contributed by atoms with Crippen LogP contribution in [0.2, 0.25) is 0 Å². The van der Waals surface area contributed by atoms with Crippen molar-refractivity contribution in [3.05, 3.63) is 0 Å². The van der Waals surface area contributed by atoms with E-state index >= 15 is 0 Å². The van der Waals surface area contributed by atoms with Gasteiger partial charge in [0.15, 0.2) is 0 Å². The second kappa shape index (κ2) is 2.81. The van der Waals surface area contributed by atoms with Gasteiger partial charge in [-0.25, -0.2) is 0 Å². The maximum atomic E-state index is 11.0. The van der Waals surface area contributed by atoms with Crippen LogP contribution in [0, 0.1) is 5.92 Å². The number of rotatable bonds is 0. The zero-order valence-electron chi connectivity index (χ0n) is 6.60. The van der Waals surface area contributed by atoms with Gasteiger partial charge in [-0.15, -0.1) is 0 Å². The van der Waals surface area contributed by atoms with Crippen LogP contribution in [0.3, 0.4) is 0 Å². The summed E-state index contributed by atoms with van der Waals surface area (Å²) < 4.78 is 0. The highest BCUT2D eigenvalue weighted by Gasteiger charge is 2.32. The Kier molecular flexibility index (Phi) is 1.82. The highest BCUT2D eigenvalue weighted by molar-refractivity contribution is 5.79. The molecule has 3 nitrogen and oxygen atoms in total. The zero-order chi connectivity index (χ0) is 7.68. The molecule has 2 fully saturated rings. The third kappa shape index (κ3) is 1.38. The SMILES string of the molecule is O=C1C[C@@H]2CNCCC[C@H]2N1. The van der Waals surface area contributed by atoms with Gasteiger partial charge in [0, 0.05) is 24.9 Å². The van der Waals surface area contributed by atoms with Gasteiger partial charge in [0.1, 0.15) is 0 Å². The Morgan fingerprint density at radius 3 is 3.27 bits per heavy atom. The smallest absolute Gasteiger partial charge is 0.220 e. The van der Waals surface area contributed by atoms with Crippen LogP contribution in [-0.4, -0.2) is 25.0 Å². The highest BCUT2D eigenvalue weighted by Crippen LogP contribution is 2.21. The van der Waals surface area contributed by atoms with Crippen LogP contribution in [-0.2, 0) is 4.79 Å². The van der Waals surface area contributed by atoms with Gasteiger partial charge in [-0.2, -0.15) is 0 Å². The summed E-state index contributed by atoms with van der Waals surface area (Å²) in [4.78, 5) is 11.0. The fourth-order valence-corrected chi connectivity index (χ4v) is 2.02. The van der Waals surface area contributed by atoms with Crippen LogP contribution in [0.15, 0.2) is 0 Å². The molecule has 0 unspecified atom stereocenters. The van der Waals surface area contributed by atoms with Crippen LogP contribution in [0.5, 0.6) is 0 Å². The van der Waals surface area contributed by atoms with E-state index in [-0.39, 0.29) is 5.91 Å². The monoisotopic (exact) mass is 154 g/mol. The van der Waals surface area contributed by atoms with Crippen molar-refractivity contribution < 1.29 is 4.79 Å². The molecule has 0 saturated carbocycles. The third-order valence-corrected chi connectivity index (χ3v) is 2.64. The largest absolute Gasteiger partial charge is 0.353 e. The quantitative estimate of drug-likeness (QED) is 0.510. The van der Waals surface area contributed by atoms with Crippen molar-refractivity contribution in [1.29, 1.82) is 0 Å². The molecule has 2 aliphatic rings. The molecule has 0 bridgehead atoms. The van der Waals surface area contributed by atoms with Gasteiger partial charge in [0.05, 0.1) is 0 Å². The van der Waals surface area contributed by atoms with E-state index in [0.717, 1.165) is 25.9 Å². The van der Waals surface area contributed by atoms with E-state index in [1.807, 2.05) is 0 Å². The van der Waals surface area contributed by atoms with E-state index in [0.29, 0.717) is 12.0 Å². The first-order valence-corrected chi connectivity index (χ1v) is 4.36. The molecule has 0 aliphatic carbocycles. The standard InChI is InChI=1S/C8H14N2O/c11-8-4-6-5-9-3-1-2-7(6)10-8/h6-7,9H,1-5H2,(H,10,11)/t6-,7-/m1/s1. The maximum absolute atomic E-state index is 11.0. The lowest BCUT2D eigenvalue weighted by atomic mass is 9.99. The van der Waals surface area contributed by atoms with E-state index < -0.39 is 0 Å². The van der Waals surface area contributed by atoms with Crippen molar-refractivity contribution in [2.75, 3.05) is 13.1 Å². The molecule has 0 spiro atoms. The number of hydrogen-bond donors (Lipinski definition) is 2. The van der Waals surface area contributed by atoms with Crippen LogP contribution >= 0.6 is 0 Å². The Labute approximate surface area is 66.5 Å². The van der Waals surface area contributed by atoms with Crippen molar-refractivity contribution in [3.8, 4) is 0 Å². The summed E-state index contributed by atoms with van der Waals surface area (Å²) in [7, 11) is 0. The minimum atomic E-state index is 0.240. The van der Waals surface area contributed by atoms with E-state index in [1.54, 1.807) is 0 Å². The minimum Gasteiger partial charge on any atom is -0.353 e. The Morgan fingerprint density at radius 1 is 1.45 bits per heavy atom. The van der Waals surface area contributed by atoms with E-state index in [4.69, 9.17) is 0 Å². The van der Waals surface area contributed by atoms with Crippen molar-refractivity contribution >= 4 is 5.91 Å². The van der Waals surface area contributed by atoms with Gasteiger partial charge in [-0.3, -0.25) is 4.79 Å². The fourth-order valence-electron chi connectivity index (χ4n) is 2.02. The minimum absolute atomic E-state index is 0.240. The zero-order valence-corrected chi connectivity index (χ0v) is 6.60. The predicted octanol–water partition coefficient (Wildman–Crippen LogP) is -0.126. The van der Waals surface area contributed by atoms with Crippen LogP contribution < -0.4 is 10.6 Å². The van der Waals surface area contributed by atoms with Crippen LogP contribution in [0.4, 0.5) is 0 Å².